The highest BCUT2D eigenvalue weighted by atomic mass is 32.2. The molecule has 0 radical (unpaired) electrons. The lowest BCUT2D eigenvalue weighted by Gasteiger charge is -2.46. The molecule has 0 amide bonds. The first kappa shape index (κ1) is 16.4. The number of rotatable bonds is 4. The smallest absolute Gasteiger partial charge is 0.395 e. The van der Waals surface area contributed by atoms with Crippen molar-refractivity contribution in [2.75, 3.05) is 37.8 Å². The molecule has 1 atom stereocenters. The van der Waals surface area contributed by atoms with Gasteiger partial charge < -0.3 is 9.84 Å². The summed E-state index contributed by atoms with van der Waals surface area (Å²) < 4.78 is 43.9. The van der Waals surface area contributed by atoms with Crippen molar-refractivity contribution in [3.8, 4) is 0 Å². The van der Waals surface area contributed by atoms with E-state index in [1.165, 1.54) is 4.90 Å². The van der Waals surface area contributed by atoms with Crippen LogP contribution in [0, 0.1) is 0 Å². The normalized spacial score (nSPS) is 27.1. The molecule has 0 aliphatic carbocycles. The molecule has 0 saturated carbocycles. The molecule has 2 saturated heterocycles. The van der Waals surface area contributed by atoms with Gasteiger partial charge in [-0.3, -0.25) is 4.90 Å². The number of nitrogens with zero attached hydrogens (tertiary/aromatic N) is 1. The standard InChI is InChI=1S/C13H22F3NO2S/c14-13(15,16)10-17(4-5-18)11-1-6-19-12(9-11)2-7-20-8-3-12/h11,18H,1-10H2. The second kappa shape index (κ2) is 6.85. The van der Waals surface area contributed by atoms with Gasteiger partial charge in [-0.15, -0.1) is 0 Å². The number of thioether (sulfide) groups is 1. The number of aliphatic hydroxyl groups is 1. The Labute approximate surface area is 121 Å². The summed E-state index contributed by atoms with van der Waals surface area (Å²) >= 11 is 1.88. The third-order valence-corrected chi connectivity index (χ3v) is 5.14. The molecule has 0 bridgehead atoms. The molecule has 0 aromatic rings. The van der Waals surface area contributed by atoms with Crippen LogP contribution in [-0.4, -0.2) is 65.6 Å². The lowest BCUT2D eigenvalue weighted by molar-refractivity contribution is -0.167. The molecule has 0 aromatic carbocycles. The van der Waals surface area contributed by atoms with Crippen LogP contribution < -0.4 is 0 Å². The van der Waals surface area contributed by atoms with E-state index in [-0.39, 0.29) is 24.8 Å². The topological polar surface area (TPSA) is 32.7 Å². The molecular weight excluding hydrogens is 291 g/mol. The van der Waals surface area contributed by atoms with Gasteiger partial charge in [0.15, 0.2) is 0 Å². The number of aliphatic hydroxyl groups excluding tert-OH is 1. The predicted molar refractivity (Wildman–Crippen MR) is 73.0 cm³/mol. The van der Waals surface area contributed by atoms with Gasteiger partial charge in [0.25, 0.3) is 0 Å². The predicted octanol–water partition coefficient (Wildman–Crippen LogP) is 2.29. The van der Waals surface area contributed by atoms with Crippen LogP contribution in [0.5, 0.6) is 0 Å². The first-order valence-electron chi connectivity index (χ1n) is 7.07. The van der Waals surface area contributed by atoms with Crippen LogP contribution in [0.1, 0.15) is 25.7 Å². The summed E-state index contributed by atoms with van der Waals surface area (Å²) in [4.78, 5) is 1.38. The maximum absolute atomic E-state index is 12.7. The van der Waals surface area contributed by atoms with Gasteiger partial charge in [0, 0.05) is 19.2 Å². The van der Waals surface area contributed by atoms with E-state index in [2.05, 4.69) is 0 Å². The molecule has 20 heavy (non-hydrogen) atoms. The van der Waals surface area contributed by atoms with Crippen LogP contribution in [-0.2, 0) is 4.74 Å². The van der Waals surface area contributed by atoms with E-state index in [0.717, 1.165) is 24.3 Å². The minimum absolute atomic E-state index is 0.0784. The molecule has 2 aliphatic heterocycles. The van der Waals surface area contributed by atoms with E-state index in [4.69, 9.17) is 9.84 Å². The SMILES string of the molecule is OCCN(CC(F)(F)F)C1CCOC2(CCSCC2)C1. The molecule has 2 fully saturated rings. The lowest BCUT2D eigenvalue weighted by Crippen LogP contribution is -2.52. The number of alkyl halides is 3. The minimum Gasteiger partial charge on any atom is -0.395 e. The summed E-state index contributed by atoms with van der Waals surface area (Å²) in [5.41, 5.74) is -0.229. The Kier molecular flexibility index (Phi) is 5.62. The first-order chi connectivity index (χ1) is 9.44. The Morgan fingerprint density at radius 3 is 2.60 bits per heavy atom. The maximum atomic E-state index is 12.7. The van der Waals surface area contributed by atoms with Crippen molar-refractivity contribution in [1.82, 2.24) is 4.90 Å². The van der Waals surface area contributed by atoms with Crippen LogP contribution in [0.25, 0.3) is 0 Å². The molecule has 2 aliphatic rings. The van der Waals surface area contributed by atoms with E-state index in [9.17, 15) is 13.2 Å². The van der Waals surface area contributed by atoms with Gasteiger partial charge in [0.05, 0.1) is 18.8 Å². The van der Waals surface area contributed by atoms with Gasteiger partial charge in [-0.25, -0.2) is 0 Å². The van der Waals surface area contributed by atoms with Crippen LogP contribution in [0.15, 0.2) is 0 Å². The molecule has 1 unspecified atom stereocenters. The molecule has 0 aromatic heterocycles. The van der Waals surface area contributed by atoms with Crippen molar-refractivity contribution >= 4 is 11.8 Å². The van der Waals surface area contributed by atoms with Gasteiger partial charge in [-0.1, -0.05) is 0 Å². The summed E-state index contributed by atoms with van der Waals surface area (Å²) in [7, 11) is 0. The fourth-order valence-electron chi connectivity index (χ4n) is 3.15. The molecule has 7 heteroatoms. The Morgan fingerprint density at radius 2 is 2.00 bits per heavy atom. The zero-order valence-electron chi connectivity index (χ0n) is 11.5. The Bertz CT molecular complexity index is 303. The van der Waals surface area contributed by atoms with Crippen molar-refractivity contribution < 1.29 is 23.0 Å². The Morgan fingerprint density at radius 1 is 1.30 bits per heavy atom. The number of hydrogen-bond donors (Lipinski definition) is 1. The molecule has 1 spiro atoms. The summed E-state index contributed by atoms with van der Waals surface area (Å²) in [6, 6.07) is -0.138. The molecule has 1 N–H and O–H groups in total. The number of halogens is 3. The zero-order chi connectivity index (χ0) is 14.6. The van der Waals surface area contributed by atoms with Crippen LogP contribution in [0.4, 0.5) is 13.2 Å². The zero-order valence-corrected chi connectivity index (χ0v) is 12.3. The Hall–Kier alpha value is 0.0200. The van der Waals surface area contributed by atoms with Crippen LogP contribution in [0.3, 0.4) is 0 Å². The second-order valence-electron chi connectivity index (χ2n) is 5.60. The van der Waals surface area contributed by atoms with Crippen molar-refractivity contribution in [3.05, 3.63) is 0 Å². The molecule has 2 rings (SSSR count). The van der Waals surface area contributed by atoms with Crippen LogP contribution in [0.2, 0.25) is 0 Å². The van der Waals surface area contributed by atoms with Gasteiger partial charge in [-0.05, 0) is 37.2 Å². The van der Waals surface area contributed by atoms with Gasteiger partial charge >= 0.3 is 6.18 Å². The molecule has 3 nitrogen and oxygen atoms in total. The summed E-state index contributed by atoms with van der Waals surface area (Å²) in [6.07, 6.45) is -1.10. The fraction of sp³-hybridized carbons (Fsp3) is 1.00. The van der Waals surface area contributed by atoms with E-state index in [1.54, 1.807) is 0 Å². The van der Waals surface area contributed by atoms with Crippen molar-refractivity contribution in [3.63, 3.8) is 0 Å². The average molecular weight is 313 g/mol. The fourth-order valence-corrected chi connectivity index (χ4v) is 4.39. The van der Waals surface area contributed by atoms with Crippen LogP contribution >= 0.6 is 11.8 Å². The van der Waals surface area contributed by atoms with Gasteiger partial charge in [0.2, 0.25) is 0 Å². The summed E-state index contributed by atoms with van der Waals surface area (Å²) in [6.45, 7) is -0.580. The highest BCUT2D eigenvalue weighted by Crippen LogP contribution is 2.39. The van der Waals surface area contributed by atoms with Gasteiger partial charge in [0.1, 0.15) is 0 Å². The molecule has 118 valence electrons. The second-order valence-corrected chi connectivity index (χ2v) is 6.82. The quantitative estimate of drug-likeness (QED) is 0.863. The van der Waals surface area contributed by atoms with Crippen molar-refractivity contribution in [1.29, 1.82) is 0 Å². The van der Waals surface area contributed by atoms with Crippen molar-refractivity contribution in [2.24, 2.45) is 0 Å². The van der Waals surface area contributed by atoms with Gasteiger partial charge in [-0.2, -0.15) is 24.9 Å². The van der Waals surface area contributed by atoms with E-state index < -0.39 is 12.7 Å². The van der Waals surface area contributed by atoms with E-state index >= 15 is 0 Å². The van der Waals surface area contributed by atoms with E-state index in [0.29, 0.717) is 19.4 Å². The van der Waals surface area contributed by atoms with Crippen molar-refractivity contribution in [2.45, 2.75) is 43.5 Å². The maximum Gasteiger partial charge on any atom is 0.401 e. The van der Waals surface area contributed by atoms with E-state index in [1.807, 2.05) is 11.8 Å². The third-order valence-electron chi connectivity index (χ3n) is 4.16. The summed E-state index contributed by atoms with van der Waals surface area (Å²) in [5.74, 6) is 2.04. The average Bonchev–Trinajstić information content (AvgIpc) is 2.38. The molecule has 2 heterocycles. The highest BCUT2D eigenvalue weighted by Gasteiger charge is 2.42. The number of ether oxygens (including phenoxy) is 1. The highest BCUT2D eigenvalue weighted by molar-refractivity contribution is 7.99. The summed E-state index contributed by atoms with van der Waals surface area (Å²) in [5, 5.41) is 9.02. The number of hydrogen-bond acceptors (Lipinski definition) is 4. The third kappa shape index (κ3) is 4.51. The lowest BCUT2D eigenvalue weighted by atomic mass is 9.85. The largest absolute Gasteiger partial charge is 0.401 e. The first-order valence-corrected chi connectivity index (χ1v) is 8.23. The molecular formula is C13H22F3NO2S. The minimum atomic E-state index is -4.22. The monoisotopic (exact) mass is 313 g/mol. The Balaban J connectivity index is 2.00.